The molecule has 2 rings (SSSR count). The molecule has 0 saturated heterocycles. The van der Waals surface area contributed by atoms with Crippen molar-refractivity contribution in [2.75, 3.05) is 19.4 Å². The van der Waals surface area contributed by atoms with Crippen LogP contribution < -0.4 is 16.0 Å². The Morgan fingerprint density at radius 1 is 1.00 bits per heavy atom. The highest BCUT2D eigenvalue weighted by Gasteiger charge is 2.08. The first kappa shape index (κ1) is 20.5. The molecule has 3 amide bonds. The molecule has 144 valence electrons. The van der Waals surface area contributed by atoms with E-state index < -0.39 is 0 Å². The van der Waals surface area contributed by atoms with Gasteiger partial charge in [-0.3, -0.25) is 4.79 Å². The Kier molecular flexibility index (Phi) is 7.37. The number of carbonyl (C=O) groups is 2. The average Bonchev–Trinajstić information content (AvgIpc) is 2.60. The maximum absolute atomic E-state index is 12.4. The Bertz CT molecular complexity index is 770. The number of hydrogen-bond donors (Lipinski definition) is 3. The Hall–Kier alpha value is -2.86. The summed E-state index contributed by atoms with van der Waals surface area (Å²) in [5.41, 5.74) is 3.35. The molecule has 6 heteroatoms. The van der Waals surface area contributed by atoms with Crippen LogP contribution in [0.4, 0.5) is 10.5 Å². The van der Waals surface area contributed by atoms with Gasteiger partial charge in [0.05, 0.1) is 0 Å². The van der Waals surface area contributed by atoms with E-state index in [1.54, 1.807) is 24.3 Å². The van der Waals surface area contributed by atoms with Gasteiger partial charge in [-0.1, -0.05) is 30.3 Å². The summed E-state index contributed by atoms with van der Waals surface area (Å²) >= 11 is 0. The third-order valence-electron chi connectivity index (χ3n) is 3.78. The van der Waals surface area contributed by atoms with Crippen molar-refractivity contribution in [2.45, 2.75) is 33.0 Å². The van der Waals surface area contributed by atoms with Gasteiger partial charge in [-0.15, -0.1) is 0 Å². The molecule has 0 heterocycles. The summed E-state index contributed by atoms with van der Waals surface area (Å²) < 4.78 is 0. The van der Waals surface area contributed by atoms with Gasteiger partial charge in [0.1, 0.15) is 0 Å². The van der Waals surface area contributed by atoms with Crippen LogP contribution in [-0.2, 0) is 13.1 Å². The van der Waals surface area contributed by atoms with E-state index in [0.717, 1.165) is 12.1 Å². The minimum Gasteiger partial charge on any atom is -0.348 e. The van der Waals surface area contributed by atoms with Gasteiger partial charge in [0.2, 0.25) is 0 Å². The van der Waals surface area contributed by atoms with Gasteiger partial charge in [0, 0.05) is 30.4 Å². The Morgan fingerprint density at radius 2 is 1.67 bits per heavy atom. The second-order valence-electron chi connectivity index (χ2n) is 7.07. The van der Waals surface area contributed by atoms with E-state index in [0.29, 0.717) is 17.8 Å². The highest BCUT2D eigenvalue weighted by Crippen LogP contribution is 2.11. The van der Waals surface area contributed by atoms with Gasteiger partial charge in [-0.05, 0) is 57.3 Å². The normalized spacial score (nSPS) is 10.7. The van der Waals surface area contributed by atoms with E-state index in [2.05, 4.69) is 33.0 Å². The minimum atomic E-state index is -0.291. The highest BCUT2D eigenvalue weighted by atomic mass is 16.2. The van der Waals surface area contributed by atoms with E-state index in [9.17, 15) is 9.59 Å². The van der Waals surface area contributed by atoms with Crippen LogP contribution in [0.3, 0.4) is 0 Å². The predicted octanol–water partition coefficient (Wildman–Crippen LogP) is 3.21. The van der Waals surface area contributed by atoms with Gasteiger partial charge in [-0.25, -0.2) is 4.79 Å². The van der Waals surface area contributed by atoms with Crippen molar-refractivity contribution < 1.29 is 9.59 Å². The molecule has 0 saturated carbocycles. The Balaban J connectivity index is 1.92. The highest BCUT2D eigenvalue weighted by molar-refractivity contribution is 5.96. The molecule has 6 nitrogen and oxygen atoms in total. The van der Waals surface area contributed by atoms with E-state index in [1.165, 1.54) is 5.56 Å². The molecule has 0 spiro atoms. The van der Waals surface area contributed by atoms with Crippen molar-refractivity contribution in [3.63, 3.8) is 0 Å². The maximum atomic E-state index is 12.4. The Morgan fingerprint density at radius 3 is 2.30 bits per heavy atom. The lowest BCUT2D eigenvalue weighted by Crippen LogP contribution is -2.34. The predicted molar refractivity (Wildman–Crippen MR) is 109 cm³/mol. The molecule has 0 aliphatic heterocycles. The monoisotopic (exact) mass is 368 g/mol. The maximum Gasteiger partial charge on any atom is 0.319 e. The number of benzene rings is 2. The molecule has 0 aromatic heterocycles. The molecular weight excluding hydrogens is 340 g/mol. The lowest BCUT2D eigenvalue weighted by Gasteiger charge is -2.12. The smallest absolute Gasteiger partial charge is 0.319 e. The van der Waals surface area contributed by atoms with Gasteiger partial charge in [-0.2, -0.15) is 0 Å². The fourth-order valence-corrected chi connectivity index (χ4v) is 2.58. The summed E-state index contributed by atoms with van der Waals surface area (Å²) in [4.78, 5) is 26.3. The van der Waals surface area contributed by atoms with Gasteiger partial charge in [0.15, 0.2) is 0 Å². The molecule has 27 heavy (non-hydrogen) atoms. The molecule has 2 aromatic carbocycles. The molecule has 0 fully saturated rings. The zero-order valence-corrected chi connectivity index (χ0v) is 16.4. The van der Waals surface area contributed by atoms with Crippen molar-refractivity contribution in [3.05, 3.63) is 65.2 Å². The zero-order valence-electron chi connectivity index (χ0n) is 16.4. The third-order valence-corrected chi connectivity index (χ3v) is 3.78. The molecule has 0 bridgehead atoms. The van der Waals surface area contributed by atoms with Crippen molar-refractivity contribution in [2.24, 2.45) is 0 Å². The first-order valence-electron chi connectivity index (χ1n) is 9.02. The number of anilines is 1. The molecule has 0 aliphatic rings. The van der Waals surface area contributed by atoms with Crippen LogP contribution in [-0.4, -0.2) is 37.0 Å². The van der Waals surface area contributed by atoms with E-state index in [-0.39, 0.29) is 18.0 Å². The van der Waals surface area contributed by atoms with Crippen molar-refractivity contribution >= 4 is 17.6 Å². The van der Waals surface area contributed by atoms with Crippen LogP contribution in [0, 0.1) is 0 Å². The standard InChI is InChI=1S/C21H28N4O2/c1-15(2)23-21(27)24-19-7-5-6-18(12-19)20(26)22-13-16-8-10-17(11-9-16)14-25(3)4/h5-12,15H,13-14H2,1-4H3,(H,22,26)(H2,23,24,27). The average molecular weight is 368 g/mol. The summed E-state index contributed by atoms with van der Waals surface area (Å²) in [7, 11) is 4.06. The van der Waals surface area contributed by atoms with E-state index in [4.69, 9.17) is 0 Å². The van der Waals surface area contributed by atoms with Crippen molar-refractivity contribution in [1.29, 1.82) is 0 Å². The number of carbonyl (C=O) groups excluding carboxylic acids is 2. The fraction of sp³-hybridized carbons (Fsp3) is 0.333. The fourth-order valence-electron chi connectivity index (χ4n) is 2.58. The van der Waals surface area contributed by atoms with Gasteiger partial charge >= 0.3 is 6.03 Å². The molecular formula is C21H28N4O2. The third kappa shape index (κ3) is 7.11. The van der Waals surface area contributed by atoms with Crippen LogP contribution in [0.2, 0.25) is 0 Å². The summed E-state index contributed by atoms with van der Waals surface area (Å²) in [6.45, 7) is 5.11. The van der Waals surface area contributed by atoms with Crippen LogP contribution >= 0.6 is 0 Å². The zero-order chi connectivity index (χ0) is 19.8. The number of nitrogens with zero attached hydrogens (tertiary/aromatic N) is 1. The van der Waals surface area contributed by atoms with Crippen LogP contribution in [0.25, 0.3) is 0 Å². The molecule has 0 radical (unpaired) electrons. The number of amides is 3. The summed E-state index contributed by atoms with van der Waals surface area (Å²) in [6, 6.07) is 14.8. The molecule has 0 aliphatic carbocycles. The molecule has 3 N–H and O–H groups in total. The first-order valence-corrected chi connectivity index (χ1v) is 9.02. The van der Waals surface area contributed by atoms with Gasteiger partial charge in [0.25, 0.3) is 5.91 Å². The van der Waals surface area contributed by atoms with Crippen molar-refractivity contribution in [1.82, 2.24) is 15.5 Å². The molecule has 0 unspecified atom stereocenters. The summed E-state index contributed by atoms with van der Waals surface area (Å²) in [5, 5.41) is 8.39. The van der Waals surface area contributed by atoms with Crippen LogP contribution in [0.1, 0.15) is 35.3 Å². The SMILES string of the molecule is CC(C)NC(=O)Nc1cccc(C(=O)NCc2ccc(CN(C)C)cc2)c1. The number of nitrogens with one attached hydrogen (secondary N) is 3. The van der Waals surface area contributed by atoms with Crippen LogP contribution in [0.5, 0.6) is 0 Å². The van der Waals surface area contributed by atoms with Crippen molar-refractivity contribution in [3.8, 4) is 0 Å². The second-order valence-corrected chi connectivity index (χ2v) is 7.07. The van der Waals surface area contributed by atoms with Gasteiger partial charge < -0.3 is 20.9 Å². The Labute approximate surface area is 161 Å². The van der Waals surface area contributed by atoms with E-state index >= 15 is 0 Å². The second kappa shape index (κ2) is 9.73. The number of rotatable bonds is 7. The lowest BCUT2D eigenvalue weighted by atomic mass is 10.1. The molecule has 0 atom stereocenters. The summed E-state index contributed by atoms with van der Waals surface area (Å²) in [6.07, 6.45) is 0. The topological polar surface area (TPSA) is 73.5 Å². The number of urea groups is 1. The quantitative estimate of drug-likeness (QED) is 0.703. The first-order chi connectivity index (χ1) is 12.8. The lowest BCUT2D eigenvalue weighted by molar-refractivity contribution is 0.0951. The number of hydrogen-bond acceptors (Lipinski definition) is 3. The molecule has 2 aromatic rings. The summed E-state index contributed by atoms with van der Waals surface area (Å²) in [5.74, 6) is -0.180. The largest absolute Gasteiger partial charge is 0.348 e. The van der Waals surface area contributed by atoms with Crippen LogP contribution in [0.15, 0.2) is 48.5 Å². The van der Waals surface area contributed by atoms with E-state index in [1.807, 2.05) is 40.1 Å². The minimum absolute atomic E-state index is 0.0422.